The van der Waals surface area contributed by atoms with Crippen molar-refractivity contribution in [3.05, 3.63) is 53.3 Å². The van der Waals surface area contributed by atoms with Crippen molar-refractivity contribution in [2.24, 2.45) is 12.9 Å². The van der Waals surface area contributed by atoms with Gasteiger partial charge in [0, 0.05) is 13.2 Å². The number of nitrogens with one attached hydrogen (secondary N) is 1. The number of rotatable bonds is 4. The Bertz CT molecular complexity index is 490. The van der Waals surface area contributed by atoms with Gasteiger partial charge in [0.25, 0.3) is 0 Å². The van der Waals surface area contributed by atoms with Crippen LogP contribution in [0.5, 0.6) is 0 Å². The molecule has 4 heteroatoms. The normalized spacial score (nSPS) is 12.6. The van der Waals surface area contributed by atoms with Crippen molar-refractivity contribution >= 4 is 0 Å². The molecule has 3 N–H and O–H groups in total. The first-order valence-corrected chi connectivity index (χ1v) is 5.71. The van der Waals surface area contributed by atoms with Gasteiger partial charge in [0.15, 0.2) is 0 Å². The van der Waals surface area contributed by atoms with E-state index in [0.717, 1.165) is 12.1 Å². The molecule has 0 aliphatic rings. The Morgan fingerprint density at radius 1 is 1.35 bits per heavy atom. The number of hydrogen-bond donors (Lipinski definition) is 2. The third-order valence-corrected chi connectivity index (χ3v) is 3.10. The fraction of sp³-hybridized carbons (Fsp3) is 0.308. The van der Waals surface area contributed by atoms with Gasteiger partial charge in [-0.05, 0) is 30.5 Å². The Labute approximate surface area is 101 Å². The van der Waals surface area contributed by atoms with Gasteiger partial charge in [0.05, 0.1) is 11.7 Å². The van der Waals surface area contributed by atoms with Crippen molar-refractivity contribution in [3.8, 4) is 0 Å². The van der Waals surface area contributed by atoms with E-state index < -0.39 is 0 Å². The molecule has 1 atom stereocenters. The molecule has 1 unspecified atom stereocenters. The summed E-state index contributed by atoms with van der Waals surface area (Å²) in [7, 11) is 1.93. The number of hydrazine groups is 1. The Balaban J connectivity index is 2.22. The van der Waals surface area contributed by atoms with Gasteiger partial charge in [-0.2, -0.15) is 5.10 Å². The van der Waals surface area contributed by atoms with E-state index in [1.54, 1.807) is 6.20 Å². The number of aryl methyl sites for hydroxylation is 2. The minimum atomic E-state index is 0.0867. The smallest absolute Gasteiger partial charge is 0.0669 e. The second-order valence-corrected chi connectivity index (χ2v) is 4.23. The summed E-state index contributed by atoms with van der Waals surface area (Å²) in [5.74, 6) is 5.64. The predicted molar refractivity (Wildman–Crippen MR) is 68.2 cm³/mol. The highest BCUT2D eigenvalue weighted by Crippen LogP contribution is 2.18. The monoisotopic (exact) mass is 230 g/mol. The molecule has 1 heterocycles. The maximum absolute atomic E-state index is 5.64. The zero-order valence-corrected chi connectivity index (χ0v) is 10.2. The number of benzene rings is 1. The van der Waals surface area contributed by atoms with E-state index in [1.807, 2.05) is 23.9 Å². The lowest BCUT2D eigenvalue weighted by atomic mass is 10.00. The van der Waals surface area contributed by atoms with Crippen LogP contribution in [0, 0.1) is 6.92 Å². The van der Waals surface area contributed by atoms with Gasteiger partial charge in [-0.3, -0.25) is 16.0 Å². The van der Waals surface area contributed by atoms with E-state index in [-0.39, 0.29) is 6.04 Å². The fourth-order valence-electron chi connectivity index (χ4n) is 2.03. The molecule has 0 fully saturated rings. The van der Waals surface area contributed by atoms with Crippen LogP contribution in [0.2, 0.25) is 0 Å². The lowest BCUT2D eigenvalue weighted by molar-refractivity contribution is 0.508. The van der Waals surface area contributed by atoms with Crippen molar-refractivity contribution < 1.29 is 0 Å². The van der Waals surface area contributed by atoms with Crippen LogP contribution in [0.25, 0.3) is 0 Å². The third kappa shape index (κ3) is 2.54. The molecule has 0 spiro atoms. The summed E-state index contributed by atoms with van der Waals surface area (Å²) < 4.78 is 1.85. The summed E-state index contributed by atoms with van der Waals surface area (Å²) in [6.07, 6.45) is 2.65. The maximum atomic E-state index is 5.64. The van der Waals surface area contributed by atoms with E-state index in [2.05, 4.69) is 35.6 Å². The summed E-state index contributed by atoms with van der Waals surface area (Å²) in [4.78, 5) is 0. The average molecular weight is 230 g/mol. The Morgan fingerprint density at radius 2 is 2.12 bits per heavy atom. The molecule has 90 valence electrons. The number of hydrogen-bond acceptors (Lipinski definition) is 3. The third-order valence-electron chi connectivity index (χ3n) is 3.10. The molecule has 17 heavy (non-hydrogen) atoms. The van der Waals surface area contributed by atoms with Crippen LogP contribution in [-0.2, 0) is 13.5 Å². The first-order valence-electron chi connectivity index (χ1n) is 5.71. The highest BCUT2D eigenvalue weighted by atomic mass is 15.3. The molecule has 2 aromatic rings. The first-order chi connectivity index (χ1) is 8.22. The summed E-state index contributed by atoms with van der Waals surface area (Å²) in [6, 6.07) is 10.4. The Kier molecular flexibility index (Phi) is 3.56. The Hall–Kier alpha value is -1.65. The van der Waals surface area contributed by atoms with E-state index >= 15 is 0 Å². The molecular formula is C13H18N4. The summed E-state index contributed by atoms with van der Waals surface area (Å²) in [5.41, 5.74) is 6.54. The van der Waals surface area contributed by atoms with E-state index in [1.165, 1.54) is 11.1 Å². The predicted octanol–water partition coefficient (Wildman–Crippen LogP) is 1.48. The molecular weight excluding hydrogens is 212 g/mol. The SMILES string of the molecule is Cc1ccccc1CC(NN)c1ccnn1C. The van der Waals surface area contributed by atoms with Gasteiger partial charge in [-0.25, -0.2) is 0 Å². The van der Waals surface area contributed by atoms with Crippen LogP contribution < -0.4 is 11.3 Å². The van der Waals surface area contributed by atoms with Crippen LogP contribution in [0.4, 0.5) is 0 Å². The van der Waals surface area contributed by atoms with E-state index in [9.17, 15) is 0 Å². The molecule has 0 saturated carbocycles. The van der Waals surface area contributed by atoms with Gasteiger partial charge in [-0.1, -0.05) is 24.3 Å². The number of nitrogens with two attached hydrogens (primary N) is 1. The molecule has 4 nitrogen and oxygen atoms in total. The quantitative estimate of drug-likeness (QED) is 0.618. The molecule has 0 bridgehead atoms. The second kappa shape index (κ2) is 5.12. The largest absolute Gasteiger partial charge is 0.271 e. The van der Waals surface area contributed by atoms with Gasteiger partial charge in [0.1, 0.15) is 0 Å². The molecule has 1 aromatic carbocycles. The fourth-order valence-corrected chi connectivity index (χ4v) is 2.03. The van der Waals surface area contributed by atoms with Crippen molar-refractivity contribution in [1.82, 2.24) is 15.2 Å². The molecule has 0 amide bonds. The van der Waals surface area contributed by atoms with Crippen molar-refractivity contribution in [3.63, 3.8) is 0 Å². The average Bonchev–Trinajstić information content (AvgIpc) is 2.75. The van der Waals surface area contributed by atoms with Crippen LogP contribution in [0.1, 0.15) is 22.9 Å². The van der Waals surface area contributed by atoms with Gasteiger partial charge in [0.2, 0.25) is 0 Å². The van der Waals surface area contributed by atoms with Crippen molar-refractivity contribution in [1.29, 1.82) is 0 Å². The second-order valence-electron chi connectivity index (χ2n) is 4.23. The molecule has 2 rings (SSSR count). The molecule has 1 aromatic heterocycles. The van der Waals surface area contributed by atoms with Gasteiger partial charge >= 0.3 is 0 Å². The molecule has 0 aliphatic carbocycles. The standard InChI is InChI=1S/C13H18N4/c1-10-5-3-4-6-11(10)9-12(16-14)13-7-8-15-17(13)2/h3-8,12,16H,9,14H2,1-2H3. The number of nitrogens with zero attached hydrogens (tertiary/aromatic N) is 2. The maximum Gasteiger partial charge on any atom is 0.0669 e. The van der Waals surface area contributed by atoms with Crippen LogP contribution in [0.3, 0.4) is 0 Å². The zero-order chi connectivity index (χ0) is 12.3. The number of aromatic nitrogens is 2. The van der Waals surface area contributed by atoms with Gasteiger partial charge < -0.3 is 0 Å². The zero-order valence-electron chi connectivity index (χ0n) is 10.2. The lowest BCUT2D eigenvalue weighted by Crippen LogP contribution is -2.31. The first kappa shape index (κ1) is 11.8. The highest BCUT2D eigenvalue weighted by molar-refractivity contribution is 5.27. The molecule has 0 saturated heterocycles. The van der Waals surface area contributed by atoms with Crippen molar-refractivity contribution in [2.45, 2.75) is 19.4 Å². The summed E-state index contributed by atoms with van der Waals surface area (Å²) in [6.45, 7) is 2.12. The summed E-state index contributed by atoms with van der Waals surface area (Å²) >= 11 is 0. The van der Waals surface area contributed by atoms with Crippen LogP contribution in [0.15, 0.2) is 36.5 Å². The Morgan fingerprint density at radius 3 is 2.71 bits per heavy atom. The topological polar surface area (TPSA) is 55.9 Å². The minimum Gasteiger partial charge on any atom is -0.271 e. The van der Waals surface area contributed by atoms with E-state index in [0.29, 0.717) is 0 Å². The van der Waals surface area contributed by atoms with Crippen LogP contribution >= 0.6 is 0 Å². The highest BCUT2D eigenvalue weighted by Gasteiger charge is 2.14. The molecule has 0 radical (unpaired) electrons. The molecule has 0 aliphatic heterocycles. The van der Waals surface area contributed by atoms with E-state index in [4.69, 9.17) is 5.84 Å². The minimum absolute atomic E-state index is 0.0867. The van der Waals surface area contributed by atoms with Gasteiger partial charge in [-0.15, -0.1) is 0 Å². The van der Waals surface area contributed by atoms with Crippen molar-refractivity contribution in [2.75, 3.05) is 0 Å². The lowest BCUT2D eigenvalue weighted by Gasteiger charge is -2.17. The van der Waals surface area contributed by atoms with Crippen LogP contribution in [-0.4, -0.2) is 9.78 Å². The summed E-state index contributed by atoms with van der Waals surface area (Å²) in [5, 5.41) is 4.17.